The molecular weight excluding hydrogens is 451 g/mol. The molecule has 3 atom stereocenters. The quantitative estimate of drug-likeness (QED) is 0.258. The zero-order chi connectivity index (χ0) is 26.4. The molecular formula is C27H39FN2O5. The van der Waals surface area contributed by atoms with E-state index in [4.69, 9.17) is 9.84 Å². The van der Waals surface area contributed by atoms with Crippen molar-refractivity contribution in [2.75, 3.05) is 19.8 Å². The molecule has 7 nitrogen and oxygen atoms in total. The number of allylic oxidation sites excluding steroid dienone is 2. The number of carbonyl (C=O) groups excluding carboxylic acids is 3. The minimum atomic E-state index is -0.640. The average Bonchev–Trinajstić information content (AvgIpc) is 2.80. The maximum atomic E-state index is 13.2. The minimum Gasteiger partial charge on any atom is -0.463 e. The van der Waals surface area contributed by atoms with Gasteiger partial charge >= 0.3 is 5.97 Å². The highest BCUT2D eigenvalue weighted by molar-refractivity contribution is 5.86. The maximum Gasteiger partial charge on any atom is 0.309 e. The Morgan fingerprint density at radius 3 is 2.23 bits per heavy atom. The molecule has 1 aromatic carbocycles. The van der Waals surface area contributed by atoms with Gasteiger partial charge in [-0.3, -0.25) is 14.4 Å². The molecule has 0 heterocycles. The molecule has 2 amide bonds. The molecule has 0 saturated heterocycles. The third-order valence-electron chi connectivity index (χ3n) is 5.62. The van der Waals surface area contributed by atoms with Crippen molar-refractivity contribution >= 4 is 17.8 Å². The zero-order valence-corrected chi connectivity index (χ0v) is 21.0. The number of halogens is 1. The summed E-state index contributed by atoms with van der Waals surface area (Å²) in [7, 11) is 0. The topological polar surface area (TPSA) is 105 Å². The molecule has 0 aliphatic carbocycles. The summed E-state index contributed by atoms with van der Waals surface area (Å²) in [6, 6.07) is 5.46. The fraction of sp³-hybridized carbons (Fsp3) is 0.519. The number of benzene rings is 1. The van der Waals surface area contributed by atoms with Crippen molar-refractivity contribution in [1.29, 1.82) is 0 Å². The van der Waals surface area contributed by atoms with Gasteiger partial charge in [0.2, 0.25) is 11.8 Å². The lowest BCUT2D eigenvalue weighted by Crippen LogP contribution is -2.49. The first kappa shape index (κ1) is 30.0. The van der Waals surface area contributed by atoms with E-state index in [1.165, 1.54) is 12.1 Å². The number of rotatable bonds is 15. The standard InChI is InChI=1S/C27H39FN2O5/c1-6-8-20(17-24(32)29-14-15-31)25(33)30-23(27(3,4)5)18-35-26(34)21(9-7-2)16-19-10-12-22(28)13-11-19/h6-7,10-13,20-21,23,31H,1-2,8-9,14-18H2,3-5H3,(H,29,32)(H,30,33). The molecule has 1 rings (SSSR count). The summed E-state index contributed by atoms with van der Waals surface area (Å²) in [4.78, 5) is 37.9. The van der Waals surface area contributed by atoms with Crippen LogP contribution in [0.25, 0.3) is 0 Å². The predicted molar refractivity (Wildman–Crippen MR) is 134 cm³/mol. The van der Waals surface area contributed by atoms with E-state index in [1.807, 2.05) is 20.8 Å². The number of hydrogen-bond acceptors (Lipinski definition) is 5. The van der Waals surface area contributed by atoms with E-state index >= 15 is 0 Å². The summed E-state index contributed by atoms with van der Waals surface area (Å²) >= 11 is 0. The van der Waals surface area contributed by atoms with Crippen LogP contribution in [-0.2, 0) is 25.5 Å². The first-order valence-corrected chi connectivity index (χ1v) is 11.8. The number of aliphatic hydroxyl groups is 1. The van der Waals surface area contributed by atoms with Crippen molar-refractivity contribution in [3.63, 3.8) is 0 Å². The molecule has 35 heavy (non-hydrogen) atoms. The summed E-state index contributed by atoms with van der Waals surface area (Å²) < 4.78 is 18.8. The van der Waals surface area contributed by atoms with Crippen LogP contribution in [0.15, 0.2) is 49.6 Å². The second kappa shape index (κ2) is 15.1. The highest BCUT2D eigenvalue weighted by Gasteiger charge is 2.31. The molecule has 0 aromatic heterocycles. The molecule has 3 unspecified atom stereocenters. The zero-order valence-electron chi connectivity index (χ0n) is 21.0. The van der Waals surface area contributed by atoms with Gasteiger partial charge in [-0.05, 0) is 42.4 Å². The van der Waals surface area contributed by atoms with E-state index < -0.39 is 29.3 Å². The molecule has 0 bridgehead atoms. The van der Waals surface area contributed by atoms with Gasteiger partial charge in [0.15, 0.2) is 0 Å². The van der Waals surface area contributed by atoms with E-state index in [-0.39, 0.29) is 43.8 Å². The van der Waals surface area contributed by atoms with Crippen LogP contribution in [0.4, 0.5) is 4.39 Å². The van der Waals surface area contributed by atoms with Crippen molar-refractivity contribution in [2.45, 2.75) is 52.5 Å². The molecule has 0 aliphatic heterocycles. The highest BCUT2D eigenvalue weighted by Crippen LogP contribution is 2.22. The number of amides is 2. The smallest absolute Gasteiger partial charge is 0.309 e. The van der Waals surface area contributed by atoms with E-state index in [0.29, 0.717) is 19.3 Å². The van der Waals surface area contributed by atoms with E-state index in [2.05, 4.69) is 23.8 Å². The number of ether oxygens (including phenoxy) is 1. The third kappa shape index (κ3) is 11.3. The second-order valence-corrected chi connectivity index (χ2v) is 9.61. The van der Waals surface area contributed by atoms with Crippen LogP contribution in [0.2, 0.25) is 0 Å². The van der Waals surface area contributed by atoms with Crippen LogP contribution in [0.1, 0.15) is 45.6 Å². The van der Waals surface area contributed by atoms with Crippen LogP contribution >= 0.6 is 0 Å². The van der Waals surface area contributed by atoms with Crippen LogP contribution in [0, 0.1) is 23.1 Å². The third-order valence-corrected chi connectivity index (χ3v) is 5.62. The fourth-order valence-corrected chi connectivity index (χ4v) is 3.43. The number of hydrogen-bond donors (Lipinski definition) is 3. The van der Waals surface area contributed by atoms with Crippen molar-refractivity contribution in [2.24, 2.45) is 17.3 Å². The summed E-state index contributed by atoms with van der Waals surface area (Å²) in [6.45, 7) is 13.0. The summed E-state index contributed by atoms with van der Waals surface area (Å²) in [6.07, 6.45) is 4.24. The average molecular weight is 491 g/mol. The van der Waals surface area contributed by atoms with Crippen molar-refractivity contribution in [3.05, 3.63) is 61.0 Å². The molecule has 0 spiro atoms. The summed E-state index contributed by atoms with van der Waals surface area (Å²) in [5.74, 6) is -2.58. The Morgan fingerprint density at radius 1 is 1.09 bits per heavy atom. The second-order valence-electron chi connectivity index (χ2n) is 9.61. The lowest BCUT2D eigenvalue weighted by Gasteiger charge is -2.32. The number of esters is 1. The number of nitrogens with one attached hydrogen (secondary N) is 2. The van der Waals surface area contributed by atoms with Crippen molar-refractivity contribution in [3.8, 4) is 0 Å². The SMILES string of the molecule is C=CCC(CC(=O)NCCO)C(=O)NC(COC(=O)C(CC=C)Cc1ccc(F)cc1)C(C)(C)C. The van der Waals surface area contributed by atoms with Gasteiger partial charge in [-0.2, -0.15) is 0 Å². The fourth-order valence-electron chi connectivity index (χ4n) is 3.43. The van der Waals surface area contributed by atoms with Crippen LogP contribution in [-0.4, -0.2) is 48.7 Å². The van der Waals surface area contributed by atoms with Crippen molar-refractivity contribution < 1.29 is 28.6 Å². The Kier molecular flexibility index (Phi) is 12.9. The van der Waals surface area contributed by atoms with Crippen LogP contribution in [0.5, 0.6) is 0 Å². The molecule has 0 aliphatic rings. The van der Waals surface area contributed by atoms with Gasteiger partial charge in [-0.15, -0.1) is 13.2 Å². The Balaban J connectivity index is 2.84. The van der Waals surface area contributed by atoms with Gasteiger partial charge in [0, 0.05) is 13.0 Å². The number of carbonyl (C=O) groups is 3. The first-order valence-electron chi connectivity index (χ1n) is 11.8. The molecule has 1 aromatic rings. The molecule has 194 valence electrons. The molecule has 0 fully saturated rings. The normalized spacial score (nSPS) is 13.7. The molecule has 8 heteroatoms. The van der Waals surface area contributed by atoms with Gasteiger partial charge in [-0.1, -0.05) is 45.1 Å². The predicted octanol–water partition coefficient (Wildman–Crippen LogP) is 3.33. The Hall–Kier alpha value is -3.00. The monoisotopic (exact) mass is 490 g/mol. The summed E-state index contributed by atoms with van der Waals surface area (Å²) in [5.41, 5.74) is 0.376. The lowest BCUT2D eigenvalue weighted by atomic mass is 9.86. The van der Waals surface area contributed by atoms with E-state index in [0.717, 1.165) is 5.56 Å². The van der Waals surface area contributed by atoms with E-state index in [9.17, 15) is 18.8 Å². The maximum absolute atomic E-state index is 13.2. The molecule has 3 N–H and O–H groups in total. The lowest BCUT2D eigenvalue weighted by molar-refractivity contribution is -0.150. The minimum absolute atomic E-state index is 0.0390. The molecule has 0 radical (unpaired) electrons. The van der Waals surface area contributed by atoms with Gasteiger partial charge < -0.3 is 20.5 Å². The largest absolute Gasteiger partial charge is 0.463 e. The van der Waals surface area contributed by atoms with E-state index in [1.54, 1.807) is 24.3 Å². The van der Waals surface area contributed by atoms with Gasteiger partial charge in [0.25, 0.3) is 0 Å². The van der Waals surface area contributed by atoms with Crippen molar-refractivity contribution in [1.82, 2.24) is 10.6 Å². The number of aliphatic hydroxyl groups excluding tert-OH is 1. The van der Waals surface area contributed by atoms with Crippen LogP contribution in [0.3, 0.4) is 0 Å². The Morgan fingerprint density at radius 2 is 1.69 bits per heavy atom. The summed E-state index contributed by atoms with van der Waals surface area (Å²) in [5, 5.41) is 14.3. The van der Waals surface area contributed by atoms with Gasteiger partial charge in [-0.25, -0.2) is 4.39 Å². The molecule has 0 saturated carbocycles. The highest BCUT2D eigenvalue weighted by atomic mass is 19.1. The Labute approximate surface area is 207 Å². The first-order chi connectivity index (χ1) is 16.5. The van der Waals surface area contributed by atoms with Gasteiger partial charge in [0.05, 0.1) is 24.5 Å². The Bertz CT molecular complexity index is 848. The van der Waals surface area contributed by atoms with Crippen LogP contribution < -0.4 is 10.6 Å². The van der Waals surface area contributed by atoms with Gasteiger partial charge in [0.1, 0.15) is 12.4 Å².